The summed E-state index contributed by atoms with van der Waals surface area (Å²) in [6.45, 7) is 4.21. The smallest absolute Gasteiger partial charge is 0.0908 e. The summed E-state index contributed by atoms with van der Waals surface area (Å²) in [6, 6.07) is 10.7. The molecule has 0 unspecified atom stereocenters. The van der Waals surface area contributed by atoms with Gasteiger partial charge in [-0.3, -0.25) is 0 Å². The number of benzene rings is 2. The first-order chi connectivity index (χ1) is 7.25. The first-order valence-electron chi connectivity index (χ1n) is 5.01. The van der Waals surface area contributed by atoms with Crippen LogP contribution in [-0.2, 0) is 0 Å². The lowest BCUT2D eigenvalue weighted by Gasteiger charge is -2.01. The van der Waals surface area contributed by atoms with Crippen molar-refractivity contribution in [2.24, 2.45) is 0 Å². The highest BCUT2D eigenvalue weighted by atomic mass is 32.1. The Morgan fingerprint density at radius 2 is 1.93 bits per heavy atom. The molecule has 0 aliphatic heterocycles. The lowest BCUT2D eigenvalue weighted by molar-refractivity contribution is 1.35. The molecule has 2 aromatic carbocycles. The average molecular weight is 213 g/mol. The van der Waals surface area contributed by atoms with E-state index in [4.69, 9.17) is 0 Å². The summed E-state index contributed by atoms with van der Waals surface area (Å²) in [5, 5.41) is 3.73. The molecular formula is C13H11NS. The summed E-state index contributed by atoms with van der Waals surface area (Å²) in [5.74, 6) is 0. The van der Waals surface area contributed by atoms with Crippen LogP contribution < -0.4 is 0 Å². The van der Waals surface area contributed by atoms with E-state index in [9.17, 15) is 0 Å². The minimum atomic E-state index is 1.14. The Hall–Kier alpha value is -1.41. The van der Waals surface area contributed by atoms with Crippen LogP contribution in [0.15, 0.2) is 30.3 Å². The fourth-order valence-corrected chi connectivity index (χ4v) is 2.89. The fourth-order valence-electron chi connectivity index (χ4n) is 2.05. The van der Waals surface area contributed by atoms with Gasteiger partial charge < -0.3 is 0 Å². The van der Waals surface area contributed by atoms with Crippen molar-refractivity contribution in [3.05, 3.63) is 40.9 Å². The van der Waals surface area contributed by atoms with E-state index in [1.807, 2.05) is 0 Å². The topological polar surface area (TPSA) is 12.9 Å². The molecule has 0 bridgehead atoms. The number of nitrogens with zero attached hydrogens (tertiary/aromatic N) is 1. The predicted molar refractivity (Wildman–Crippen MR) is 66.6 cm³/mol. The molecule has 15 heavy (non-hydrogen) atoms. The molecular weight excluding hydrogens is 202 g/mol. The molecule has 0 radical (unpaired) electrons. The summed E-state index contributed by atoms with van der Waals surface area (Å²) in [4.78, 5) is 4.62. The second kappa shape index (κ2) is 3.04. The van der Waals surface area contributed by atoms with Gasteiger partial charge in [-0.2, -0.15) is 0 Å². The normalized spacial score (nSPS) is 11.3. The second-order valence-corrected chi connectivity index (χ2v) is 5.05. The molecule has 0 amide bonds. The average Bonchev–Trinajstić information content (AvgIpc) is 2.58. The van der Waals surface area contributed by atoms with E-state index in [-0.39, 0.29) is 0 Å². The number of hydrogen-bond donors (Lipinski definition) is 0. The van der Waals surface area contributed by atoms with Crippen LogP contribution in [0.5, 0.6) is 0 Å². The summed E-state index contributed by atoms with van der Waals surface area (Å²) in [5.41, 5.74) is 2.47. The van der Waals surface area contributed by atoms with Gasteiger partial charge in [0.2, 0.25) is 0 Å². The van der Waals surface area contributed by atoms with Crippen LogP contribution in [0.25, 0.3) is 21.0 Å². The fraction of sp³-hybridized carbons (Fsp3) is 0.154. The quantitative estimate of drug-likeness (QED) is 0.548. The number of hydrogen-bond acceptors (Lipinski definition) is 2. The predicted octanol–water partition coefficient (Wildman–Crippen LogP) is 4.07. The maximum atomic E-state index is 4.62. The maximum absolute atomic E-state index is 4.62. The highest BCUT2D eigenvalue weighted by molar-refractivity contribution is 7.18. The van der Waals surface area contributed by atoms with Gasteiger partial charge in [-0.05, 0) is 30.9 Å². The summed E-state index contributed by atoms with van der Waals surface area (Å²) < 4.78 is 1.29. The van der Waals surface area contributed by atoms with E-state index in [2.05, 4.69) is 49.2 Å². The summed E-state index contributed by atoms with van der Waals surface area (Å²) in [7, 11) is 0. The summed E-state index contributed by atoms with van der Waals surface area (Å²) >= 11 is 1.76. The van der Waals surface area contributed by atoms with Crippen molar-refractivity contribution >= 4 is 32.3 Å². The second-order valence-electron chi connectivity index (χ2n) is 3.82. The van der Waals surface area contributed by atoms with Crippen LogP contribution >= 0.6 is 11.3 Å². The third-order valence-electron chi connectivity index (χ3n) is 2.72. The molecule has 0 saturated carbocycles. The lowest BCUT2D eigenvalue weighted by Crippen LogP contribution is -1.80. The highest BCUT2D eigenvalue weighted by Crippen LogP contribution is 2.30. The van der Waals surface area contributed by atoms with Gasteiger partial charge in [0, 0.05) is 5.39 Å². The van der Waals surface area contributed by atoms with Gasteiger partial charge in [0.1, 0.15) is 0 Å². The number of aryl methyl sites for hydroxylation is 2. The zero-order valence-electron chi connectivity index (χ0n) is 8.74. The number of rotatable bonds is 0. The van der Waals surface area contributed by atoms with E-state index >= 15 is 0 Å². The van der Waals surface area contributed by atoms with Crippen molar-refractivity contribution in [3.8, 4) is 0 Å². The van der Waals surface area contributed by atoms with Crippen molar-refractivity contribution in [3.63, 3.8) is 0 Å². The van der Waals surface area contributed by atoms with E-state index in [0.717, 1.165) is 10.5 Å². The zero-order chi connectivity index (χ0) is 10.4. The third kappa shape index (κ3) is 1.25. The van der Waals surface area contributed by atoms with Crippen molar-refractivity contribution in [2.75, 3.05) is 0 Å². The van der Waals surface area contributed by atoms with Gasteiger partial charge in [0.25, 0.3) is 0 Å². The molecule has 1 nitrogen and oxygen atoms in total. The van der Waals surface area contributed by atoms with Crippen LogP contribution in [0.1, 0.15) is 10.6 Å². The number of thiazole rings is 1. The van der Waals surface area contributed by atoms with Gasteiger partial charge in [0.15, 0.2) is 0 Å². The van der Waals surface area contributed by atoms with Crippen LogP contribution in [0.4, 0.5) is 0 Å². The molecule has 3 rings (SSSR count). The monoisotopic (exact) mass is 213 g/mol. The Balaban J connectivity index is 2.62. The third-order valence-corrected chi connectivity index (χ3v) is 3.65. The Bertz CT molecular complexity index is 652. The molecule has 0 fully saturated rings. The SMILES string of the molecule is Cc1nc2c(ccc3cccc(C)c32)s1. The first kappa shape index (κ1) is 8.86. The summed E-state index contributed by atoms with van der Waals surface area (Å²) in [6.07, 6.45) is 0. The largest absolute Gasteiger partial charge is 0.241 e. The first-order valence-corrected chi connectivity index (χ1v) is 5.83. The molecule has 0 atom stereocenters. The van der Waals surface area contributed by atoms with Gasteiger partial charge in [-0.1, -0.05) is 24.3 Å². The van der Waals surface area contributed by atoms with Crippen molar-refractivity contribution in [1.82, 2.24) is 4.98 Å². The van der Waals surface area contributed by atoms with E-state index in [0.29, 0.717) is 0 Å². The molecule has 0 aliphatic carbocycles. The lowest BCUT2D eigenvalue weighted by atomic mass is 10.0. The maximum Gasteiger partial charge on any atom is 0.0908 e. The van der Waals surface area contributed by atoms with Crippen LogP contribution in [0.3, 0.4) is 0 Å². The van der Waals surface area contributed by atoms with Crippen molar-refractivity contribution < 1.29 is 0 Å². The van der Waals surface area contributed by atoms with Crippen molar-refractivity contribution in [1.29, 1.82) is 0 Å². The Kier molecular flexibility index (Phi) is 1.80. The molecule has 0 spiro atoms. The molecule has 0 aliphatic rings. The minimum Gasteiger partial charge on any atom is -0.241 e. The molecule has 2 heteroatoms. The Morgan fingerprint density at radius 1 is 1.07 bits per heavy atom. The molecule has 0 N–H and O–H groups in total. The minimum absolute atomic E-state index is 1.14. The van der Waals surface area contributed by atoms with Gasteiger partial charge >= 0.3 is 0 Å². The molecule has 3 aromatic rings. The molecule has 0 saturated heterocycles. The van der Waals surface area contributed by atoms with Crippen LogP contribution in [0, 0.1) is 13.8 Å². The molecule has 74 valence electrons. The Labute approximate surface area is 92.4 Å². The highest BCUT2D eigenvalue weighted by Gasteiger charge is 2.06. The van der Waals surface area contributed by atoms with Crippen LogP contribution in [-0.4, -0.2) is 4.98 Å². The van der Waals surface area contributed by atoms with Crippen LogP contribution in [0.2, 0.25) is 0 Å². The zero-order valence-corrected chi connectivity index (χ0v) is 9.56. The van der Waals surface area contributed by atoms with Gasteiger partial charge in [-0.15, -0.1) is 11.3 Å². The molecule has 1 heterocycles. The Morgan fingerprint density at radius 3 is 2.80 bits per heavy atom. The van der Waals surface area contributed by atoms with Gasteiger partial charge in [-0.25, -0.2) is 4.98 Å². The number of fused-ring (bicyclic) bond motifs is 3. The van der Waals surface area contributed by atoms with E-state index in [1.165, 1.54) is 21.0 Å². The van der Waals surface area contributed by atoms with E-state index in [1.54, 1.807) is 11.3 Å². The number of aromatic nitrogens is 1. The van der Waals surface area contributed by atoms with Crippen molar-refractivity contribution in [2.45, 2.75) is 13.8 Å². The van der Waals surface area contributed by atoms with E-state index < -0.39 is 0 Å². The standard InChI is InChI=1S/C13H11NS/c1-8-4-3-5-10-6-7-11-13(12(8)10)14-9(2)15-11/h3-7H,1-2H3. The molecule has 1 aromatic heterocycles. The van der Waals surface area contributed by atoms with Gasteiger partial charge in [0.05, 0.1) is 15.2 Å².